The Morgan fingerprint density at radius 2 is 1.77 bits per heavy atom. The van der Waals surface area contributed by atoms with E-state index < -0.39 is 11.9 Å². The van der Waals surface area contributed by atoms with Crippen LogP contribution in [-0.4, -0.2) is 40.3 Å². The second kappa shape index (κ2) is 6.28. The zero-order valence-electron chi connectivity index (χ0n) is 7.82. The highest BCUT2D eigenvalue weighted by Crippen LogP contribution is 2.16. The molecule has 80 valence electrons. The number of nitrogens with two attached hydrogens (primary N) is 2. The molecule has 0 aromatic heterocycles. The Morgan fingerprint density at radius 1 is 1.15 bits per heavy atom. The maximum Gasteiger partial charge on any atom is 0.151 e. The number of hydrogen-bond donors (Lipinski definition) is 5. The Hall–Kier alpha value is -0.200. The molecule has 7 N–H and O–H groups in total. The summed E-state index contributed by atoms with van der Waals surface area (Å²) in [5.41, 5.74) is 9.75. The highest BCUT2D eigenvalue weighted by atomic mass is 16.5. The van der Waals surface area contributed by atoms with Gasteiger partial charge in [0.05, 0.1) is 5.60 Å². The first-order chi connectivity index (χ1) is 6.04. The molecule has 5 nitrogen and oxygen atoms in total. The van der Waals surface area contributed by atoms with Crippen molar-refractivity contribution in [2.24, 2.45) is 11.5 Å². The lowest BCUT2D eigenvalue weighted by Gasteiger charge is -2.25. The average molecular weight is 192 g/mol. The number of aliphatic hydroxyl groups is 3. The molecule has 0 aromatic rings. The molecule has 0 aromatic carbocycles. The van der Waals surface area contributed by atoms with Gasteiger partial charge < -0.3 is 26.8 Å². The van der Waals surface area contributed by atoms with E-state index in [4.69, 9.17) is 21.7 Å². The van der Waals surface area contributed by atoms with Gasteiger partial charge >= 0.3 is 0 Å². The summed E-state index contributed by atoms with van der Waals surface area (Å²) >= 11 is 0. The molecule has 1 unspecified atom stereocenters. The van der Waals surface area contributed by atoms with E-state index >= 15 is 0 Å². The van der Waals surface area contributed by atoms with Gasteiger partial charge in [-0.3, -0.25) is 0 Å². The molecule has 0 fully saturated rings. The summed E-state index contributed by atoms with van der Waals surface area (Å²) < 4.78 is 0. The largest absolute Gasteiger partial charge is 0.389 e. The van der Waals surface area contributed by atoms with Crippen LogP contribution in [0.15, 0.2) is 0 Å². The third-order valence-corrected chi connectivity index (χ3v) is 2.09. The summed E-state index contributed by atoms with van der Waals surface area (Å²) in [6.45, 7) is 0.543. The van der Waals surface area contributed by atoms with Crippen LogP contribution in [0, 0.1) is 0 Å². The SMILES string of the molecule is NCCC(O)(CN)CCCC(O)O. The minimum atomic E-state index is -1.31. The maximum absolute atomic E-state index is 9.76. The second-order valence-corrected chi connectivity index (χ2v) is 3.34. The number of hydrogen-bond acceptors (Lipinski definition) is 5. The Balaban J connectivity index is 3.69. The lowest BCUT2D eigenvalue weighted by Crippen LogP contribution is -2.39. The Bertz CT molecular complexity index is 133. The molecule has 0 saturated carbocycles. The van der Waals surface area contributed by atoms with Crippen molar-refractivity contribution < 1.29 is 15.3 Å². The second-order valence-electron chi connectivity index (χ2n) is 3.34. The molecule has 0 saturated heterocycles. The molecule has 13 heavy (non-hydrogen) atoms. The van der Waals surface area contributed by atoms with Crippen LogP contribution < -0.4 is 11.5 Å². The van der Waals surface area contributed by atoms with Gasteiger partial charge in [-0.1, -0.05) is 0 Å². The van der Waals surface area contributed by atoms with Crippen LogP contribution in [0.3, 0.4) is 0 Å². The van der Waals surface area contributed by atoms with E-state index in [0.717, 1.165) is 0 Å². The summed E-state index contributed by atoms with van der Waals surface area (Å²) in [6.07, 6.45) is 0.390. The summed E-state index contributed by atoms with van der Waals surface area (Å²) in [4.78, 5) is 0. The van der Waals surface area contributed by atoms with Crippen molar-refractivity contribution in [3.8, 4) is 0 Å². The molecule has 0 rings (SSSR count). The van der Waals surface area contributed by atoms with Gasteiger partial charge in [-0.25, -0.2) is 0 Å². The fourth-order valence-electron chi connectivity index (χ4n) is 1.21. The minimum Gasteiger partial charge on any atom is -0.389 e. The lowest BCUT2D eigenvalue weighted by atomic mass is 9.93. The van der Waals surface area contributed by atoms with Crippen molar-refractivity contribution in [1.82, 2.24) is 0 Å². The molecule has 0 aliphatic rings. The van der Waals surface area contributed by atoms with Gasteiger partial charge in [-0.05, 0) is 32.2 Å². The molecule has 0 spiro atoms. The Kier molecular flexibility index (Phi) is 6.19. The molecule has 0 amide bonds. The third kappa shape index (κ3) is 5.95. The Labute approximate surface area is 78.4 Å². The van der Waals surface area contributed by atoms with E-state index in [1.807, 2.05) is 0 Å². The Morgan fingerprint density at radius 3 is 2.15 bits per heavy atom. The van der Waals surface area contributed by atoms with Gasteiger partial charge in [0, 0.05) is 6.54 Å². The van der Waals surface area contributed by atoms with Gasteiger partial charge in [0.2, 0.25) is 0 Å². The zero-order chi connectivity index (χ0) is 10.3. The summed E-state index contributed by atoms with van der Waals surface area (Å²) in [7, 11) is 0. The standard InChI is InChI=1S/C8H20N2O3/c9-5-4-8(13,6-10)3-1-2-7(11)12/h7,11-13H,1-6,9-10H2. The molecule has 0 radical (unpaired) electrons. The summed E-state index contributed by atoms with van der Waals surface area (Å²) in [5.74, 6) is 0. The fourth-order valence-corrected chi connectivity index (χ4v) is 1.21. The van der Waals surface area contributed by atoms with E-state index in [1.165, 1.54) is 0 Å². The fraction of sp³-hybridized carbons (Fsp3) is 1.00. The smallest absolute Gasteiger partial charge is 0.151 e. The zero-order valence-corrected chi connectivity index (χ0v) is 7.82. The molecule has 0 aliphatic carbocycles. The van der Waals surface area contributed by atoms with Crippen LogP contribution in [0.5, 0.6) is 0 Å². The predicted octanol–water partition coefficient (Wildman–Crippen LogP) is -1.49. The van der Waals surface area contributed by atoms with Gasteiger partial charge in [-0.2, -0.15) is 0 Å². The van der Waals surface area contributed by atoms with Crippen molar-refractivity contribution in [3.05, 3.63) is 0 Å². The van der Waals surface area contributed by atoms with Crippen molar-refractivity contribution >= 4 is 0 Å². The minimum absolute atomic E-state index is 0.158. The van der Waals surface area contributed by atoms with Gasteiger partial charge in [-0.15, -0.1) is 0 Å². The van der Waals surface area contributed by atoms with Crippen molar-refractivity contribution in [1.29, 1.82) is 0 Å². The first-order valence-electron chi connectivity index (χ1n) is 4.53. The monoisotopic (exact) mass is 192 g/mol. The van der Waals surface area contributed by atoms with Crippen LogP contribution >= 0.6 is 0 Å². The average Bonchev–Trinajstić information content (AvgIpc) is 2.04. The van der Waals surface area contributed by atoms with Crippen LogP contribution in [0.1, 0.15) is 25.7 Å². The third-order valence-electron chi connectivity index (χ3n) is 2.09. The van der Waals surface area contributed by atoms with Crippen molar-refractivity contribution in [3.63, 3.8) is 0 Å². The highest BCUT2D eigenvalue weighted by molar-refractivity contribution is 4.79. The van der Waals surface area contributed by atoms with Crippen LogP contribution in [0.2, 0.25) is 0 Å². The van der Waals surface area contributed by atoms with E-state index in [1.54, 1.807) is 0 Å². The topological polar surface area (TPSA) is 113 Å². The van der Waals surface area contributed by atoms with Crippen molar-refractivity contribution in [2.75, 3.05) is 13.1 Å². The lowest BCUT2D eigenvalue weighted by molar-refractivity contribution is -0.0519. The predicted molar refractivity (Wildman–Crippen MR) is 49.8 cm³/mol. The molecule has 5 heteroatoms. The van der Waals surface area contributed by atoms with Gasteiger partial charge in [0.25, 0.3) is 0 Å². The molecular formula is C8H20N2O3. The molecular weight excluding hydrogens is 172 g/mol. The van der Waals surface area contributed by atoms with E-state index in [-0.39, 0.29) is 13.0 Å². The number of aliphatic hydroxyl groups excluding tert-OH is 1. The van der Waals surface area contributed by atoms with Crippen LogP contribution in [-0.2, 0) is 0 Å². The first-order valence-corrected chi connectivity index (χ1v) is 4.53. The summed E-state index contributed by atoms with van der Waals surface area (Å²) in [5, 5.41) is 26.9. The molecule has 0 heterocycles. The maximum atomic E-state index is 9.76. The molecule has 1 atom stereocenters. The van der Waals surface area contributed by atoms with E-state index in [9.17, 15) is 5.11 Å². The van der Waals surface area contributed by atoms with Crippen LogP contribution in [0.4, 0.5) is 0 Å². The summed E-state index contributed by atoms with van der Waals surface area (Å²) in [6, 6.07) is 0. The normalized spacial score (nSPS) is 16.2. The quantitative estimate of drug-likeness (QED) is 0.315. The van der Waals surface area contributed by atoms with E-state index in [0.29, 0.717) is 25.8 Å². The van der Waals surface area contributed by atoms with Crippen LogP contribution in [0.25, 0.3) is 0 Å². The molecule has 0 bridgehead atoms. The van der Waals surface area contributed by atoms with Crippen molar-refractivity contribution in [2.45, 2.75) is 37.6 Å². The molecule has 0 aliphatic heterocycles. The van der Waals surface area contributed by atoms with Gasteiger partial charge in [0.15, 0.2) is 6.29 Å². The van der Waals surface area contributed by atoms with E-state index in [2.05, 4.69) is 0 Å². The van der Waals surface area contributed by atoms with Gasteiger partial charge in [0.1, 0.15) is 0 Å². The highest BCUT2D eigenvalue weighted by Gasteiger charge is 2.23. The first kappa shape index (κ1) is 12.8. The number of rotatable bonds is 7.